The molecule has 0 amide bonds. The predicted molar refractivity (Wildman–Crippen MR) is 96.3 cm³/mol. The molecule has 0 atom stereocenters. The van der Waals surface area contributed by atoms with E-state index in [-0.39, 0.29) is 22.4 Å². The van der Waals surface area contributed by atoms with E-state index in [0.717, 1.165) is 12.8 Å². The molecule has 23 heavy (non-hydrogen) atoms. The molecule has 141 valence electrons. The molecule has 0 unspecified atom stereocenters. The quantitative estimate of drug-likeness (QED) is 0.159. The fourth-order valence-electron chi connectivity index (χ4n) is 2.70. The molecule has 0 spiro atoms. The van der Waals surface area contributed by atoms with Crippen molar-refractivity contribution in [2.75, 3.05) is 0 Å². The zero-order chi connectivity index (χ0) is 16.3. The Bertz CT molecular complexity index is 264. The fraction of sp³-hybridized carbons (Fsp3) is 0.850. The van der Waals surface area contributed by atoms with E-state index in [4.69, 9.17) is 5.11 Å². The Kier molecular flexibility index (Phi) is 24.0. The SMILES string of the molecule is CCCCCCCCCC/C=C\CCCCCCCC(=O)O.[Ag]. The topological polar surface area (TPSA) is 37.3 Å². The molecule has 0 saturated carbocycles. The summed E-state index contributed by atoms with van der Waals surface area (Å²) in [5, 5.41) is 8.53. The van der Waals surface area contributed by atoms with E-state index < -0.39 is 5.97 Å². The molecule has 0 aliphatic rings. The second-order valence-electron chi connectivity index (χ2n) is 6.44. The average Bonchev–Trinajstić information content (AvgIpc) is 2.50. The minimum absolute atomic E-state index is 0. The molecule has 3 heteroatoms. The standard InChI is InChI=1S/C20H38O2.Ag/c1-2-3-4-5-6-7-8-9-10-11-12-13-14-15-16-17-18-19-20(21)22;/h11-12H,2-10,13-19H2,1H3,(H,21,22);/b12-11-;. The van der Waals surface area contributed by atoms with Crippen molar-refractivity contribution in [3.63, 3.8) is 0 Å². The molecule has 0 fully saturated rings. The number of aliphatic carboxylic acids is 1. The van der Waals surface area contributed by atoms with E-state index in [1.54, 1.807) is 0 Å². The van der Waals surface area contributed by atoms with Crippen LogP contribution in [0.25, 0.3) is 0 Å². The van der Waals surface area contributed by atoms with Gasteiger partial charge in [0.25, 0.3) is 0 Å². The molecule has 0 aliphatic heterocycles. The first kappa shape index (κ1) is 25.2. The van der Waals surface area contributed by atoms with Gasteiger partial charge in [0.15, 0.2) is 0 Å². The van der Waals surface area contributed by atoms with Crippen LogP contribution in [0.3, 0.4) is 0 Å². The molecule has 0 aromatic rings. The smallest absolute Gasteiger partial charge is 0.303 e. The van der Waals surface area contributed by atoms with Gasteiger partial charge in [0.2, 0.25) is 0 Å². The molecular formula is C20H38AgO2. The largest absolute Gasteiger partial charge is 0.481 e. The Morgan fingerprint density at radius 3 is 1.52 bits per heavy atom. The summed E-state index contributed by atoms with van der Waals surface area (Å²) in [6, 6.07) is 0. The Balaban J connectivity index is 0. The van der Waals surface area contributed by atoms with Crippen LogP contribution >= 0.6 is 0 Å². The summed E-state index contributed by atoms with van der Waals surface area (Å²) in [7, 11) is 0. The van der Waals surface area contributed by atoms with Crippen molar-refractivity contribution in [1.29, 1.82) is 0 Å². The van der Waals surface area contributed by atoms with E-state index in [1.165, 1.54) is 83.5 Å². The van der Waals surface area contributed by atoms with Gasteiger partial charge in [0, 0.05) is 28.8 Å². The molecule has 0 heterocycles. The van der Waals surface area contributed by atoms with Crippen LogP contribution in [0.1, 0.15) is 110 Å². The Morgan fingerprint density at radius 2 is 1.09 bits per heavy atom. The van der Waals surface area contributed by atoms with Crippen LogP contribution in [0.4, 0.5) is 0 Å². The normalized spacial score (nSPS) is 10.8. The fourth-order valence-corrected chi connectivity index (χ4v) is 2.70. The zero-order valence-electron chi connectivity index (χ0n) is 15.1. The van der Waals surface area contributed by atoms with Gasteiger partial charge in [-0.2, -0.15) is 0 Å². The van der Waals surface area contributed by atoms with Gasteiger partial charge in [0.1, 0.15) is 0 Å². The molecule has 2 nitrogen and oxygen atoms in total. The van der Waals surface area contributed by atoms with Gasteiger partial charge in [-0.15, -0.1) is 0 Å². The summed E-state index contributed by atoms with van der Waals surface area (Å²) in [4.78, 5) is 10.4. The summed E-state index contributed by atoms with van der Waals surface area (Å²) in [5.74, 6) is -0.663. The molecule has 0 aliphatic carbocycles. The van der Waals surface area contributed by atoms with Gasteiger partial charge in [-0.1, -0.05) is 83.3 Å². The van der Waals surface area contributed by atoms with Crippen molar-refractivity contribution in [3.8, 4) is 0 Å². The van der Waals surface area contributed by atoms with E-state index in [0.29, 0.717) is 6.42 Å². The molecule has 0 saturated heterocycles. The zero-order valence-corrected chi connectivity index (χ0v) is 16.6. The number of carboxylic acid groups (broad SMARTS) is 1. The van der Waals surface area contributed by atoms with Crippen LogP contribution in [0.15, 0.2) is 12.2 Å². The maximum atomic E-state index is 10.4. The summed E-state index contributed by atoms with van der Waals surface area (Å²) < 4.78 is 0. The summed E-state index contributed by atoms with van der Waals surface area (Å²) in [5.41, 5.74) is 0. The predicted octanol–water partition coefficient (Wildman–Crippen LogP) is 6.89. The van der Waals surface area contributed by atoms with E-state index in [1.807, 2.05) is 0 Å². The van der Waals surface area contributed by atoms with E-state index >= 15 is 0 Å². The van der Waals surface area contributed by atoms with Crippen molar-refractivity contribution in [2.45, 2.75) is 110 Å². The van der Waals surface area contributed by atoms with Crippen LogP contribution in [0.5, 0.6) is 0 Å². The first-order valence-electron chi connectivity index (χ1n) is 9.64. The van der Waals surface area contributed by atoms with Crippen molar-refractivity contribution >= 4 is 5.97 Å². The minimum Gasteiger partial charge on any atom is -0.481 e. The van der Waals surface area contributed by atoms with Crippen LogP contribution in [0, 0.1) is 0 Å². The van der Waals surface area contributed by atoms with Crippen LogP contribution in [-0.2, 0) is 27.2 Å². The third kappa shape index (κ3) is 24.3. The van der Waals surface area contributed by atoms with Crippen molar-refractivity contribution in [1.82, 2.24) is 0 Å². The minimum atomic E-state index is -0.663. The van der Waals surface area contributed by atoms with Gasteiger partial charge in [-0.25, -0.2) is 0 Å². The maximum Gasteiger partial charge on any atom is 0.303 e. The van der Waals surface area contributed by atoms with Gasteiger partial charge in [-0.05, 0) is 32.1 Å². The second-order valence-corrected chi connectivity index (χ2v) is 6.44. The number of rotatable bonds is 17. The summed E-state index contributed by atoms with van der Waals surface area (Å²) >= 11 is 0. The number of carboxylic acids is 1. The molecule has 0 aromatic heterocycles. The molecule has 0 rings (SSSR count). The van der Waals surface area contributed by atoms with Crippen LogP contribution in [0.2, 0.25) is 0 Å². The molecule has 1 N–H and O–H groups in total. The Hall–Kier alpha value is -0.0497. The second kappa shape index (κ2) is 22.0. The number of carbonyl (C=O) groups is 1. The Labute approximate surface area is 160 Å². The van der Waals surface area contributed by atoms with Crippen molar-refractivity contribution in [2.24, 2.45) is 0 Å². The van der Waals surface area contributed by atoms with Crippen molar-refractivity contribution < 1.29 is 32.3 Å². The van der Waals surface area contributed by atoms with E-state index in [2.05, 4.69) is 19.1 Å². The molecule has 1 radical (unpaired) electrons. The first-order valence-corrected chi connectivity index (χ1v) is 9.64. The first-order chi connectivity index (χ1) is 10.8. The maximum absolute atomic E-state index is 10.4. The van der Waals surface area contributed by atoms with Gasteiger partial charge < -0.3 is 5.11 Å². The average molecular weight is 418 g/mol. The number of hydrogen-bond acceptors (Lipinski definition) is 1. The Morgan fingerprint density at radius 1 is 0.696 bits per heavy atom. The van der Waals surface area contributed by atoms with Crippen molar-refractivity contribution in [3.05, 3.63) is 12.2 Å². The monoisotopic (exact) mass is 417 g/mol. The number of allylic oxidation sites excluding steroid dienone is 2. The van der Waals surface area contributed by atoms with Gasteiger partial charge in [-0.3, -0.25) is 4.79 Å². The van der Waals surface area contributed by atoms with Crippen LogP contribution < -0.4 is 0 Å². The van der Waals surface area contributed by atoms with E-state index in [9.17, 15) is 4.79 Å². The molecule has 0 bridgehead atoms. The van der Waals surface area contributed by atoms with Gasteiger partial charge in [0.05, 0.1) is 0 Å². The van der Waals surface area contributed by atoms with Gasteiger partial charge >= 0.3 is 5.97 Å². The summed E-state index contributed by atoms with van der Waals surface area (Å²) in [6.07, 6.45) is 24.2. The third-order valence-electron chi connectivity index (χ3n) is 4.15. The molecular weight excluding hydrogens is 380 g/mol. The number of unbranched alkanes of at least 4 members (excludes halogenated alkanes) is 13. The third-order valence-corrected chi connectivity index (χ3v) is 4.15. The summed E-state index contributed by atoms with van der Waals surface area (Å²) in [6.45, 7) is 2.27. The van der Waals surface area contributed by atoms with Crippen LogP contribution in [-0.4, -0.2) is 11.1 Å². The number of hydrogen-bond donors (Lipinski definition) is 1. The molecule has 0 aromatic carbocycles.